The predicted octanol–water partition coefficient (Wildman–Crippen LogP) is 3.92. The average molecular weight is 329 g/mol. The topological polar surface area (TPSA) is 55.4 Å². The molecule has 3 rings (SSSR count). The molecule has 1 aromatic carbocycles. The van der Waals surface area contributed by atoms with Crippen molar-refractivity contribution in [3.63, 3.8) is 0 Å². The highest BCUT2D eigenvalue weighted by Crippen LogP contribution is 2.49. The normalized spacial score (nSPS) is 24.9. The fourth-order valence-electron chi connectivity index (χ4n) is 4.60. The largest absolute Gasteiger partial charge is 0.456 e. The molecular formula is C20H27NO3. The molecule has 0 aliphatic heterocycles. The third-order valence-corrected chi connectivity index (χ3v) is 5.62. The molecule has 2 bridgehead atoms. The number of nitrogens with one attached hydrogen (secondary N) is 1. The monoisotopic (exact) mass is 329 g/mol. The molecular weight excluding hydrogens is 302 g/mol. The molecule has 1 amide bonds. The number of ether oxygens (including phenoxy) is 1. The zero-order valence-corrected chi connectivity index (χ0v) is 14.9. The molecule has 1 aromatic rings. The third kappa shape index (κ3) is 3.80. The second kappa shape index (κ2) is 6.96. The van der Waals surface area contributed by atoms with E-state index in [4.69, 9.17) is 4.74 Å². The van der Waals surface area contributed by atoms with Crippen LogP contribution in [-0.4, -0.2) is 18.5 Å². The van der Waals surface area contributed by atoms with Crippen molar-refractivity contribution in [2.45, 2.75) is 52.9 Å². The molecule has 3 atom stereocenters. The molecule has 4 nitrogen and oxygen atoms in total. The Labute approximate surface area is 144 Å². The Morgan fingerprint density at radius 1 is 1.12 bits per heavy atom. The van der Waals surface area contributed by atoms with Gasteiger partial charge in [-0.2, -0.15) is 0 Å². The van der Waals surface area contributed by atoms with Gasteiger partial charge in [-0.3, -0.25) is 9.59 Å². The number of anilines is 1. The molecule has 130 valence electrons. The van der Waals surface area contributed by atoms with Gasteiger partial charge in [-0.15, -0.1) is 0 Å². The summed E-state index contributed by atoms with van der Waals surface area (Å²) in [7, 11) is 0. The molecule has 4 heteroatoms. The third-order valence-electron chi connectivity index (χ3n) is 5.62. The summed E-state index contributed by atoms with van der Waals surface area (Å²) in [5.74, 6) is 1.49. The molecule has 0 saturated heterocycles. The first-order valence-corrected chi connectivity index (χ1v) is 8.95. The second-order valence-electron chi connectivity index (χ2n) is 7.62. The maximum atomic E-state index is 12.1. The van der Waals surface area contributed by atoms with Gasteiger partial charge < -0.3 is 10.1 Å². The van der Waals surface area contributed by atoms with E-state index in [0.717, 1.165) is 29.2 Å². The standard InChI is InChI=1S/C20H27NO3/c1-12-6-13(2)20(14(3)7-12)21-18(22)11-24-19(23)10-17-9-15-4-5-16(17)8-15/h6-7,15-17H,4-5,8-11H2,1-3H3,(H,21,22)/t15-,16+,17-/m0/s1. The van der Waals surface area contributed by atoms with Crippen molar-refractivity contribution >= 4 is 17.6 Å². The van der Waals surface area contributed by atoms with Gasteiger partial charge in [0.25, 0.3) is 5.91 Å². The van der Waals surface area contributed by atoms with Crippen molar-refractivity contribution in [3.8, 4) is 0 Å². The number of aryl methyl sites for hydroxylation is 3. The first kappa shape index (κ1) is 17.0. The van der Waals surface area contributed by atoms with Gasteiger partial charge in [0.2, 0.25) is 0 Å². The molecule has 2 saturated carbocycles. The molecule has 0 aromatic heterocycles. The van der Waals surface area contributed by atoms with Crippen LogP contribution < -0.4 is 5.32 Å². The number of rotatable bonds is 5. The van der Waals surface area contributed by atoms with E-state index in [1.54, 1.807) is 0 Å². The molecule has 0 radical (unpaired) electrons. The highest BCUT2D eigenvalue weighted by atomic mass is 16.5. The zero-order valence-electron chi connectivity index (χ0n) is 14.9. The fraction of sp³-hybridized carbons (Fsp3) is 0.600. The summed E-state index contributed by atoms with van der Waals surface area (Å²) in [5.41, 5.74) is 4.03. The van der Waals surface area contributed by atoms with E-state index in [2.05, 4.69) is 5.32 Å². The lowest BCUT2D eigenvalue weighted by atomic mass is 9.86. The lowest BCUT2D eigenvalue weighted by molar-refractivity contribution is -0.148. The van der Waals surface area contributed by atoms with Crippen LogP contribution in [0.15, 0.2) is 12.1 Å². The van der Waals surface area contributed by atoms with E-state index in [1.807, 2.05) is 32.9 Å². The predicted molar refractivity (Wildman–Crippen MR) is 93.8 cm³/mol. The summed E-state index contributed by atoms with van der Waals surface area (Å²) in [4.78, 5) is 24.1. The smallest absolute Gasteiger partial charge is 0.306 e. The molecule has 2 fully saturated rings. The minimum absolute atomic E-state index is 0.202. The molecule has 2 aliphatic carbocycles. The number of carbonyl (C=O) groups excluding carboxylic acids is 2. The number of amides is 1. The van der Waals surface area contributed by atoms with Gasteiger partial charge in [0.15, 0.2) is 6.61 Å². The summed E-state index contributed by atoms with van der Waals surface area (Å²) in [6.07, 6.45) is 5.50. The van der Waals surface area contributed by atoms with Crippen molar-refractivity contribution in [3.05, 3.63) is 28.8 Å². The van der Waals surface area contributed by atoms with Crippen molar-refractivity contribution in [2.24, 2.45) is 17.8 Å². The van der Waals surface area contributed by atoms with Crippen molar-refractivity contribution in [1.82, 2.24) is 0 Å². The van der Waals surface area contributed by atoms with Crippen molar-refractivity contribution in [1.29, 1.82) is 0 Å². The zero-order chi connectivity index (χ0) is 17.3. The number of esters is 1. The molecule has 0 unspecified atom stereocenters. The van der Waals surface area contributed by atoms with Gasteiger partial charge >= 0.3 is 5.97 Å². The minimum atomic E-state index is -0.272. The first-order valence-electron chi connectivity index (χ1n) is 8.95. The van der Waals surface area contributed by atoms with Crippen molar-refractivity contribution < 1.29 is 14.3 Å². The number of hydrogen-bond acceptors (Lipinski definition) is 3. The summed E-state index contributed by atoms with van der Waals surface area (Å²) in [5, 5.41) is 2.87. The number of benzene rings is 1. The second-order valence-corrected chi connectivity index (χ2v) is 7.62. The lowest BCUT2D eigenvalue weighted by Gasteiger charge is -2.20. The molecule has 2 aliphatic rings. The summed E-state index contributed by atoms with van der Waals surface area (Å²) < 4.78 is 5.20. The number of fused-ring (bicyclic) bond motifs is 2. The van der Waals surface area contributed by atoms with E-state index in [-0.39, 0.29) is 18.5 Å². The Balaban J connectivity index is 1.46. The summed E-state index contributed by atoms with van der Waals surface area (Å²) in [6, 6.07) is 4.06. The van der Waals surface area contributed by atoms with Crippen LogP contribution in [0, 0.1) is 38.5 Å². The summed E-state index contributed by atoms with van der Waals surface area (Å²) >= 11 is 0. The maximum absolute atomic E-state index is 12.1. The van der Waals surface area contributed by atoms with E-state index in [1.165, 1.54) is 24.8 Å². The molecule has 0 spiro atoms. The van der Waals surface area contributed by atoms with E-state index < -0.39 is 0 Å². The van der Waals surface area contributed by atoms with Crippen LogP contribution in [0.3, 0.4) is 0 Å². The SMILES string of the molecule is Cc1cc(C)c(NC(=O)COC(=O)C[C@@H]2C[C@H]3CC[C@@H]2C3)c(C)c1. The Bertz CT molecular complexity index is 629. The number of carbonyl (C=O) groups is 2. The highest BCUT2D eigenvalue weighted by molar-refractivity contribution is 5.94. The lowest BCUT2D eigenvalue weighted by Crippen LogP contribution is -2.23. The van der Waals surface area contributed by atoms with Crippen LogP contribution in [0.4, 0.5) is 5.69 Å². The first-order chi connectivity index (χ1) is 11.4. The quantitative estimate of drug-likeness (QED) is 0.833. The maximum Gasteiger partial charge on any atom is 0.306 e. The summed E-state index contributed by atoms with van der Waals surface area (Å²) in [6.45, 7) is 5.77. The van der Waals surface area contributed by atoms with Gasteiger partial charge in [-0.25, -0.2) is 0 Å². The fourth-order valence-corrected chi connectivity index (χ4v) is 4.60. The van der Waals surface area contributed by atoms with Crippen LogP contribution >= 0.6 is 0 Å². The van der Waals surface area contributed by atoms with Crippen LogP contribution in [0.25, 0.3) is 0 Å². The van der Waals surface area contributed by atoms with E-state index in [0.29, 0.717) is 18.3 Å². The Kier molecular flexibility index (Phi) is 4.93. The van der Waals surface area contributed by atoms with Gasteiger partial charge in [0, 0.05) is 12.1 Å². The average Bonchev–Trinajstić information content (AvgIpc) is 3.11. The van der Waals surface area contributed by atoms with Gasteiger partial charge in [-0.1, -0.05) is 24.1 Å². The molecule has 24 heavy (non-hydrogen) atoms. The minimum Gasteiger partial charge on any atom is -0.456 e. The number of hydrogen-bond donors (Lipinski definition) is 1. The van der Waals surface area contributed by atoms with E-state index >= 15 is 0 Å². The Morgan fingerprint density at radius 2 is 1.83 bits per heavy atom. The Hall–Kier alpha value is -1.84. The van der Waals surface area contributed by atoms with Gasteiger partial charge in [0.05, 0.1) is 0 Å². The van der Waals surface area contributed by atoms with Gasteiger partial charge in [0.1, 0.15) is 0 Å². The van der Waals surface area contributed by atoms with Crippen LogP contribution in [0.2, 0.25) is 0 Å². The highest BCUT2D eigenvalue weighted by Gasteiger charge is 2.40. The van der Waals surface area contributed by atoms with Crippen LogP contribution in [0.1, 0.15) is 48.8 Å². The van der Waals surface area contributed by atoms with Crippen molar-refractivity contribution in [2.75, 3.05) is 11.9 Å². The molecule has 0 heterocycles. The van der Waals surface area contributed by atoms with Crippen LogP contribution in [-0.2, 0) is 14.3 Å². The van der Waals surface area contributed by atoms with Gasteiger partial charge in [-0.05, 0) is 68.9 Å². The van der Waals surface area contributed by atoms with Crippen LogP contribution in [0.5, 0.6) is 0 Å². The Morgan fingerprint density at radius 3 is 2.42 bits per heavy atom. The van der Waals surface area contributed by atoms with E-state index in [9.17, 15) is 9.59 Å². The molecule has 1 N–H and O–H groups in total.